The van der Waals surface area contributed by atoms with Crippen molar-refractivity contribution in [1.82, 2.24) is 9.55 Å². The number of aromatic nitrogens is 2. The summed E-state index contributed by atoms with van der Waals surface area (Å²) in [6.07, 6.45) is 3.32. The van der Waals surface area contributed by atoms with Crippen LogP contribution >= 0.6 is 11.6 Å². The first-order valence-corrected chi connectivity index (χ1v) is 6.83. The highest BCUT2D eigenvalue weighted by atomic mass is 35.5. The Kier molecular flexibility index (Phi) is 4.14. The van der Waals surface area contributed by atoms with Crippen molar-refractivity contribution in [2.24, 2.45) is 0 Å². The zero-order valence-electron chi connectivity index (χ0n) is 11.9. The normalized spacial score (nSPS) is 11.4. The topological polar surface area (TPSA) is 46.9 Å². The van der Waals surface area contributed by atoms with Gasteiger partial charge in [-0.25, -0.2) is 4.98 Å². The summed E-state index contributed by atoms with van der Waals surface area (Å²) in [6, 6.07) is 7.53. The van der Waals surface area contributed by atoms with Crippen LogP contribution in [0.15, 0.2) is 41.5 Å². The van der Waals surface area contributed by atoms with Gasteiger partial charge in [-0.1, -0.05) is 29.8 Å². The minimum absolute atomic E-state index is 0.132. The van der Waals surface area contributed by atoms with Crippen LogP contribution < -0.4 is 10.9 Å². The Hall–Kier alpha value is -1.81. The quantitative estimate of drug-likeness (QED) is 0.944. The molecule has 106 valence electrons. The molecule has 0 atom stereocenters. The summed E-state index contributed by atoms with van der Waals surface area (Å²) in [5.41, 5.74) is 0.523. The molecule has 0 aliphatic heterocycles. The number of anilines is 1. The van der Waals surface area contributed by atoms with Crippen LogP contribution in [0, 0.1) is 0 Å². The molecule has 0 amide bonds. The molecule has 2 rings (SSSR count). The van der Waals surface area contributed by atoms with Gasteiger partial charge in [0, 0.05) is 29.5 Å². The second kappa shape index (κ2) is 5.67. The molecule has 5 heteroatoms. The third-order valence-electron chi connectivity index (χ3n) is 2.97. The lowest BCUT2D eigenvalue weighted by atomic mass is 10.1. The highest BCUT2D eigenvalue weighted by Crippen LogP contribution is 2.16. The van der Waals surface area contributed by atoms with Gasteiger partial charge in [-0.2, -0.15) is 0 Å². The Morgan fingerprint density at radius 3 is 2.65 bits per heavy atom. The standard InChI is InChI=1S/C15H18ClN3O/c1-15(2,3)19-9-8-17-13(14(19)20)18-10-11-6-4-5-7-12(11)16/h4-9H,10H2,1-3H3,(H,17,18). The van der Waals surface area contributed by atoms with Crippen LogP contribution in [-0.4, -0.2) is 9.55 Å². The van der Waals surface area contributed by atoms with Gasteiger partial charge in [0.1, 0.15) is 0 Å². The molecule has 0 bridgehead atoms. The molecule has 20 heavy (non-hydrogen) atoms. The van der Waals surface area contributed by atoms with Gasteiger partial charge in [0.05, 0.1) is 0 Å². The summed E-state index contributed by atoms with van der Waals surface area (Å²) in [6.45, 7) is 6.40. The number of hydrogen-bond donors (Lipinski definition) is 1. The molecule has 1 aromatic carbocycles. The average molecular weight is 292 g/mol. The monoisotopic (exact) mass is 291 g/mol. The van der Waals surface area contributed by atoms with Crippen LogP contribution in [0.5, 0.6) is 0 Å². The molecule has 0 radical (unpaired) electrons. The van der Waals surface area contributed by atoms with Crippen molar-refractivity contribution in [3.05, 3.63) is 57.6 Å². The largest absolute Gasteiger partial charge is 0.361 e. The average Bonchev–Trinajstić information content (AvgIpc) is 2.38. The minimum Gasteiger partial charge on any atom is -0.361 e. The van der Waals surface area contributed by atoms with E-state index in [2.05, 4.69) is 10.3 Å². The fraction of sp³-hybridized carbons (Fsp3) is 0.333. The van der Waals surface area contributed by atoms with Crippen LogP contribution in [0.2, 0.25) is 5.02 Å². The first kappa shape index (κ1) is 14.6. The number of nitrogens with one attached hydrogen (secondary N) is 1. The van der Waals surface area contributed by atoms with Crippen LogP contribution in [0.4, 0.5) is 5.82 Å². The van der Waals surface area contributed by atoms with Crippen molar-refractivity contribution in [3.63, 3.8) is 0 Å². The first-order chi connectivity index (χ1) is 9.39. The van der Waals surface area contributed by atoms with Crippen LogP contribution in [0.25, 0.3) is 0 Å². The summed E-state index contributed by atoms with van der Waals surface area (Å²) in [5.74, 6) is 0.336. The molecular formula is C15H18ClN3O. The Morgan fingerprint density at radius 1 is 1.30 bits per heavy atom. The maximum absolute atomic E-state index is 12.3. The molecule has 0 aliphatic rings. The SMILES string of the molecule is CC(C)(C)n1ccnc(NCc2ccccc2Cl)c1=O. The Morgan fingerprint density at radius 2 is 2.00 bits per heavy atom. The van der Waals surface area contributed by atoms with E-state index >= 15 is 0 Å². The Labute approximate surface area is 123 Å². The molecule has 0 unspecified atom stereocenters. The van der Waals surface area contributed by atoms with Gasteiger partial charge in [-0.05, 0) is 32.4 Å². The van der Waals surface area contributed by atoms with Crippen LogP contribution in [-0.2, 0) is 12.1 Å². The van der Waals surface area contributed by atoms with Gasteiger partial charge in [-0.3, -0.25) is 4.79 Å². The maximum Gasteiger partial charge on any atom is 0.293 e. The summed E-state index contributed by atoms with van der Waals surface area (Å²) in [4.78, 5) is 16.4. The van der Waals surface area contributed by atoms with Crippen molar-refractivity contribution in [1.29, 1.82) is 0 Å². The van der Waals surface area contributed by atoms with Crippen LogP contribution in [0.3, 0.4) is 0 Å². The molecule has 2 aromatic rings. The minimum atomic E-state index is -0.277. The summed E-state index contributed by atoms with van der Waals surface area (Å²) in [7, 11) is 0. The van der Waals surface area contributed by atoms with E-state index in [4.69, 9.17) is 11.6 Å². The molecule has 4 nitrogen and oxygen atoms in total. The summed E-state index contributed by atoms with van der Waals surface area (Å²) >= 11 is 6.09. The van der Waals surface area contributed by atoms with E-state index in [0.717, 1.165) is 5.56 Å². The highest BCUT2D eigenvalue weighted by Gasteiger charge is 2.16. The Bertz CT molecular complexity index is 659. The van der Waals surface area contributed by atoms with Crippen molar-refractivity contribution >= 4 is 17.4 Å². The highest BCUT2D eigenvalue weighted by molar-refractivity contribution is 6.31. The molecule has 1 N–H and O–H groups in total. The fourth-order valence-corrected chi connectivity index (χ4v) is 2.08. The van der Waals surface area contributed by atoms with Gasteiger partial charge < -0.3 is 9.88 Å². The van der Waals surface area contributed by atoms with Gasteiger partial charge in [0.15, 0.2) is 5.82 Å². The van der Waals surface area contributed by atoms with Gasteiger partial charge in [-0.15, -0.1) is 0 Å². The third-order valence-corrected chi connectivity index (χ3v) is 3.34. The Balaban J connectivity index is 2.23. The zero-order valence-corrected chi connectivity index (χ0v) is 12.6. The van der Waals surface area contributed by atoms with E-state index < -0.39 is 0 Å². The fourth-order valence-electron chi connectivity index (χ4n) is 1.88. The molecule has 1 aromatic heterocycles. The van der Waals surface area contributed by atoms with Gasteiger partial charge >= 0.3 is 0 Å². The smallest absolute Gasteiger partial charge is 0.293 e. The summed E-state index contributed by atoms with van der Waals surface area (Å²) < 4.78 is 1.66. The third kappa shape index (κ3) is 3.20. The maximum atomic E-state index is 12.3. The lowest BCUT2D eigenvalue weighted by Gasteiger charge is -2.22. The van der Waals surface area contributed by atoms with E-state index in [1.165, 1.54) is 0 Å². The van der Waals surface area contributed by atoms with Gasteiger partial charge in [0.2, 0.25) is 0 Å². The molecule has 0 saturated heterocycles. The molecule has 0 saturated carbocycles. The van der Waals surface area contributed by atoms with Gasteiger partial charge in [0.25, 0.3) is 5.56 Å². The van der Waals surface area contributed by atoms with E-state index in [1.807, 2.05) is 45.0 Å². The molecule has 0 aliphatic carbocycles. The van der Waals surface area contributed by atoms with E-state index in [-0.39, 0.29) is 11.1 Å². The number of halogens is 1. The van der Waals surface area contributed by atoms with Crippen molar-refractivity contribution in [2.75, 3.05) is 5.32 Å². The number of rotatable bonds is 3. The first-order valence-electron chi connectivity index (χ1n) is 6.45. The number of benzene rings is 1. The lowest BCUT2D eigenvalue weighted by molar-refractivity contribution is 0.383. The van der Waals surface area contributed by atoms with Crippen molar-refractivity contribution in [3.8, 4) is 0 Å². The second-order valence-electron chi connectivity index (χ2n) is 5.57. The zero-order chi connectivity index (χ0) is 14.8. The predicted molar refractivity (Wildman–Crippen MR) is 82.3 cm³/mol. The number of hydrogen-bond acceptors (Lipinski definition) is 3. The lowest BCUT2D eigenvalue weighted by Crippen LogP contribution is -2.35. The van der Waals surface area contributed by atoms with E-state index in [0.29, 0.717) is 17.4 Å². The molecule has 0 fully saturated rings. The van der Waals surface area contributed by atoms with E-state index in [9.17, 15) is 4.79 Å². The predicted octanol–water partition coefficient (Wildman–Crippen LogP) is 3.26. The van der Waals surface area contributed by atoms with Crippen LogP contribution in [0.1, 0.15) is 26.3 Å². The molecule has 1 heterocycles. The van der Waals surface area contributed by atoms with Crippen molar-refractivity contribution in [2.45, 2.75) is 32.9 Å². The van der Waals surface area contributed by atoms with E-state index in [1.54, 1.807) is 17.0 Å². The number of nitrogens with zero attached hydrogens (tertiary/aromatic N) is 2. The second-order valence-corrected chi connectivity index (χ2v) is 5.97. The summed E-state index contributed by atoms with van der Waals surface area (Å²) in [5, 5.41) is 3.73. The molecule has 0 spiro atoms. The van der Waals surface area contributed by atoms with Crippen molar-refractivity contribution < 1.29 is 0 Å². The molecular weight excluding hydrogens is 274 g/mol.